The van der Waals surface area contributed by atoms with Gasteiger partial charge in [0.05, 0.1) is 16.9 Å². The Morgan fingerprint density at radius 1 is 0.920 bits per heavy atom. The molecule has 0 aromatic heterocycles. The van der Waals surface area contributed by atoms with Crippen molar-refractivity contribution in [1.29, 1.82) is 0 Å². The molecule has 0 saturated carbocycles. The van der Waals surface area contributed by atoms with Crippen LogP contribution in [-0.4, -0.2) is 29.7 Å². The van der Waals surface area contributed by atoms with Gasteiger partial charge in [0.25, 0.3) is 5.91 Å². The number of amides is 1. The van der Waals surface area contributed by atoms with Gasteiger partial charge in [-0.1, -0.05) is 29.8 Å². The fourth-order valence-electron chi connectivity index (χ4n) is 4.89. The molecule has 1 spiro atoms. The second-order valence-corrected chi connectivity index (χ2v) is 7.43. The lowest BCUT2D eigenvalue weighted by Crippen LogP contribution is -2.70. The van der Waals surface area contributed by atoms with Crippen molar-refractivity contribution in [3.63, 3.8) is 0 Å². The third-order valence-corrected chi connectivity index (χ3v) is 5.99. The molecule has 1 amide bonds. The van der Waals surface area contributed by atoms with Crippen LogP contribution in [0.15, 0.2) is 48.5 Å². The molecule has 2 fully saturated rings. The lowest BCUT2D eigenvalue weighted by Gasteiger charge is -2.58. The van der Waals surface area contributed by atoms with Gasteiger partial charge in [-0.05, 0) is 56.9 Å². The van der Waals surface area contributed by atoms with Crippen LogP contribution < -0.4 is 9.91 Å². The monoisotopic (exact) mass is 333 g/mol. The molecule has 128 valence electrons. The molecule has 2 aromatic rings. The number of aryl methyl sites for hydroxylation is 1. The summed E-state index contributed by atoms with van der Waals surface area (Å²) in [6.45, 7) is 4.03. The quantitative estimate of drug-likeness (QED) is 0.790. The van der Waals surface area contributed by atoms with Crippen molar-refractivity contribution in [1.82, 2.24) is 5.01 Å². The zero-order valence-electron chi connectivity index (χ0n) is 14.6. The van der Waals surface area contributed by atoms with Crippen molar-refractivity contribution in [3.8, 4) is 0 Å². The number of carbonyl (C=O) groups is 1. The summed E-state index contributed by atoms with van der Waals surface area (Å²) in [4.78, 5) is 16.0. The number of carbonyl (C=O) groups excluding carboxylic acids is 1. The van der Waals surface area contributed by atoms with Crippen molar-refractivity contribution in [2.45, 2.75) is 38.3 Å². The molecular weight excluding hydrogens is 310 g/mol. The first kappa shape index (κ1) is 14.8. The Morgan fingerprint density at radius 3 is 2.44 bits per heavy atom. The number of fused-ring (bicyclic) bond motifs is 2. The zero-order chi connectivity index (χ0) is 17.0. The van der Waals surface area contributed by atoms with E-state index in [2.05, 4.69) is 52.2 Å². The van der Waals surface area contributed by atoms with Crippen LogP contribution in [0.3, 0.4) is 0 Å². The summed E-state index contributed by atoms with van der Waals surface area (Å²) in [5.41, 5.74) is 4.12. The Morgan fingerprint density at radius 2 is 1.64 bits per heavy atom. The molecule has 0 radical (unpaired) electrons. The first-order valence-corrected chi connectivity index (χ1v) is 9.26. The minimum atomic E-state index is -0.186. The van der Waals surface area contributed by atoms with E-state index in [0.717, 1.165) is 55.7 Å². The highest BCUT2D eigenvalue weighted by Gasteiger charge is 2.56. The minimum Gasteiger partial charge on any atom is -0.346 e. The summed E-state index contributed by atoms with van der Waals surface area (Å²) >= 11 is 0. The molecule has 3 aliphatic rings. The molecule has 2 saturated heterocycles. The second-order valence-electron chi connectivity index (χ2n) is 7.43. The van der Waals surface area contributed by atoms with E-state index in [0.29, 0.717) is 0 Å². The fourth-order valence-corrected chi connectivity index (χ4v) is 4.89. The average molecular weight is 333 g/mol. The van der Waals surface area contributed by atoms with Crippen LogP contribution in [0.25, 0.3) is 0 Å². The van der Waals surface area contributed by atoms with Crippen molar-refractivity contribution >= 4 is 17.3 Å². The predicted octanol–water partition coefficient (Wildman–Crippen LogP) is 3.96. The third-order valence-electron chi connectivity index (χ3n) is 5.99. The van der Waals surface area contributed by atoms with Gasteiger partial charge in [0.2, 0.25) is 0 Å². The van der Waals surface area contributed by atoms with Gasteiger partial charge in [0.1, 0.15) is 5.66 Å². The molecule has 1 atom stereocenters. The highest BCUT2D eigenvalue weighted by molar-refractivity contribution is 6.03. The molecule has 3 heterocycles. The Bertz CT molecular complexity index is 831. The van der Waals surface area contributed by atoms with Gasteiger partial charge in [0.15, 0.2) is 0 Å². The fraction of sp³-hybridized carbons (Fsp3) is 0.381. The van der Waals surface area contributed by atoms with E-state index >= 15 is 0 Å². The number of benzene rings is 2. The Balaban J connectivity index is 1.67. The van der Waals surface area contributed by atoms with Crippen LogP contribution in [0.5, 0.6) is 0 Å². The van der Waals surface area contributed by atoms with Crippen molar-refractivity contribution < 1.29 is 4.79 Å². The van der Waals surface area contributed by atoms with Crippen molar-refractivity contribution in [2.75, 3.05) is 23.0 Å². The van der Waals surface area contributed by atoms with Gasteiger partial charge in [-0.15, -0.1) is 0 Å². The Kier molecular flexibility index (Phi) is 3.11. The normalized spacial score (nSPS) is 24.8. The standard InChI is InChI=1S/C21H23N3O/c1-16-8-10-17(11-9-16)23-15-5-13-21-12-4-14-22(21)19-7-3-2-6-18(19)20(25)24(21)23/h2-3,6-11H,4-5,12-15H2,1H3. The van der Waals surface area contributed by atoms with Crippen LogP contribution in [0.1, 0.15) is 41.6 Å². The molecule has 3 aliphatic heterocycles. The second kappa shape index (κ2) is 5.25. The van der Waals surface area contributed by atoms with Crippen LogP contribution in [0.4, 0.5) is 11.4 Å². The van der Waals surface area contributed by atoms with Crippen LogP contribution >= 0.6 is 0 Å². The van der Waals surface area contributed by atoms with Gasteiger partial charge < -0.3 is 4.90 Å². The number of hydrogen-bond acceptors (Lipinski definition) is 3. The first-order valence-electron chi connectivity index (χ1n) is 9.26. The van der Waals surface area contributed by atoms with E-state index in [1.54, 1.807) is 0 Å². The molecular formula is C21H23N3O. The van der Waals surface area contributed by atoms with Crippen LogP contribution in [0.2, 0.25) is 0 Å². The van der Waals surface area contributed by atoms with E-state index in [9.17, 15) is 4.79 Å². The maximum absolute atomic E-state index is 13.5. The number of hydrazine groups is 1. The number of rotatable bonds is 1. The Labute approximate surface area is 148 Å². The van der Waals surface area contributed by atoms with E-state index in [1.165, 1.54) is 5.56 Å². The molecule has 4 heteroatoms. The van der Waals surface area contributed by atoms with Gasteiger partial charge in [-0.3, -0.25) is 9.80 Å². The molecule has 5 rings (SSSR count). The average Bonchev–Trinajstić information content (AvgIpc) is 3.06. The van der Waals surface area contributed by atoms with E-state index in [-0.39, 0.29) is 11.6 Å². The number of nitrogens with zero attached hydrogens (tertiary/aromatic N) is 3. The maximum Gasteiger partial charge on any atom is 0.276 e. The van der Waals surface area contributed by atoms with E-state index < -0.39 is 0 Å². The summed E-state index contributed by atoms with van der Waals surface area (Å²) in [5, 5.41) is 4.30. The van der Waals surface area contributed by atoms with Gasteiger partial charge in [0, 0.05) is 13.1 Å². The summed E-state index contributed by atoms with van der Waals surface area (Å²) in [5.74, 6) is 0.147. The molecule has 0 bridgehead atoms. The topological polar surface area (TPSA) is 26.8 Å². The van der Waals surface area contributed by atoms with Gasteiger partial charge in [-0.25, -0.2) is 5.01 Å². The number of hydrogen-bond donors (Lipinski definition) is 0. The van der Waals surface area contributed by atoms with Gasteiger partial charge >= 0.3 is 0 Å². The molecule has 4 nitrogen and oxygen atoms in total. The lowest BCUT2D eigenvalue weighted by molar-refractivity contribution is 0.0263. The highest BCUT2D eigenvalue weighted by atomic mass is 16.2. The number of anilines is 2. The SMILES string of the molecule is Cc1ccc(N2CCCC34CCCN3c3ccccc3C(=O)N24)cc1. The molecule has 2 aromatic carbocycles. The van der Waals surface area contributed by atoms with Crippen LogP contribution in [-0.2, 0) is 0 Å². The lowest BCUT2D eigenvalue weighted by atomic mass is 9.91. The predicted molar refractivity (Wildman–Crippen MR) is 99.7 cm³/mol. The third kappa shape index (κ3) is 1.97. The van der Waals surface area contributed by atoms with Crippen molar-refractivity contribution in [2.24, 2.45) is 0 Å². The minimum absolute atomic E-state index is 0.147. The van der Waals surface area contributed by atoms with E-state index in [4.69, 9.17) is 0 Å². The van der Waals surface area contributed by atoms with E-state index in [1.807, 2.05) is 18.2 Å². The first-order chi connectivity index (χ1) is 12.2. The summed E-state index contributed by atoms with van der Waals surface area (Å²) in [7, 11) is 0. The van der Waals surface area contributed by atoms with Crippen molar-refractivity contribution in [3.05, 3.63) is 59.7 Å². The summed E-state index contributed by atoms with van der Waals surface area (Å²) in [6.07, 6.45) is 4.35. The molecule has 1 unspecified atom stereocenters. The highest BCUT2D eigenvalue weighted by Crippen LogP contribution is 2.49. The van der Waals surface area contributed by atoms with Crippen LogP contribution in [0, 0.1) is 6.92 Å². The van der Waals surface area contributed by atoms with Gasteiger partial charge in [-0.2, -0.15) is 0 Å². The molecule has 0 N–H and O–H groups in total. The summed E-state index contributed by atoms with van der Waals surface area (Å²) < 4.78 is 0. The Hall–Kier alpha value is -2.49. The molecule has 0 aliphatic carbocycles. The molecule has 25 heavy (non-hydrogen) atoms. The summed E-state index contributed by atoms with van der Waals surface area (Å²) in [6, 6.07) is 16.7. The maximum atomic E-state index is 13.5. The smallest absolute Gasteiger partial charge is 0.276 e. The number of para-hydroxylation sites is 1. The largest absolute Gasteiger partial charge is 0.346 e. The zero-order valence-corrected chi connectivity index (χ0v) is 14.6.